The van der Waals surface area contributed by atoms with Crippen LogP contribution in [0.15, 0.2) is 47.5 Å². The predicted molar refractivity (Wildman–Crippen MR) is 125 cm³/mol. The van der Waals surface area contributed by atoms with Gasteiger partial charge in [-0.15, -0.1) is 24.0 Å². The molecule has 0 saturated carbocycles. The average molecular weight is 514 g/mol. The summed E-state index contributed by atoms with van der Waals surface area (Å²) in [5.41, 5.74) is 3.00. The van der Waals surface area contributed by atoms with Crippen molar-refractivity contribution in [2.75, 3.05) is 26.7 Å². The summed E-state index contributed by atoms with van der Waals surface area (Å²) < 4.78 is 26.6. The number of likely N-dealkylation sites (tertiary alicyclic amines) is 1. The molecule has 0 atom stereocenters. The summed E-state index contributed by atoms with van der Waals surface area (Å²) in [5.74, 6) is -0.416. The fraction of sp³-hybridized carbons (Fsp3) is 0.409. The van der Waals surface area contributed by atoms with Gasteiger partial charge in [-0.05, 0) is 55.1 Å². The standard InChI is InChI=1S/C22H28F2N4.HI/c1-25-22(26-11-10-19-8-9-20(23)14-21(19)24)27-15-17-4-6-18(7-5-17)16-28-12-2-3-13-28;/h4-9,14H,2-3,10-13,15-16H2,1H3,(H2,25,26,27);1H. The second-order valence-corrected chi connectivity index (χ2v) is 7.14. The van der Waals surface area contributed by atoms with E-state index in [1.165, 1.54) is 49.2 Å². The van der Waals surface area contributed by atoms with E-state index in [4.69, 9.17) is 0 Å². The summed E-state index contributed by atoms with van der Waals surface area (Å²) in [6.07, 6.45) is 3.07. The van der Waals surface area contributed by atoms with Crippen LogP contribution in [0.3, 0.4) is 0 Å². The summed E-state index contributed by atoms with van der Waals surface area (Å²) in [7, 11) is 1.70. The Morgan fingerprint density at radius 3 is 2.34 bits per heavy atom. The van der Waals surface area contributed by atoms with Gasteiger partial charge in [0.05, 0.1) is 0 Å². The van der Waals surface area contributed by atoms with Crippen molar-refractivity contribution in [1.29, 1.82) is 0 Å². The normalized spacial score (nSPS) is 14.5. The van der Waals surface area contributed by atoms with Crippen LogP contribution in [-0.4, -0.2) is 37.5 Å². The van der Waals surface area contributed by atoms with E-state index in [9.17, 15) is 8.78 Å². The highest BCUT2D eigenvalue weighted by Gasteiger charge is 2.11. The summed E-state index contributed by atoms with van der Waals surface area (Å²) >= 11 is 0. The average Bonchev–Trinajstić information content (AvgIpc) is 3.20. The number of hydrogen-bond acceptors (Lipinski definition) is 2. The molecule has 0 unspecified atom stereocenters. The first-order valence-electron chi connectivity index (χ1n) is 9.82. The summed E-state index contributed by atoms with van der Waals surface area (Å²) in [4.78, 5) is 6.68. The van der Waals surface area contributed by atoms with E-state index in [1.54, 1.807) is 7.05 Å². The van der Waals surface area contributed by atoms with Gasteiger partial charge in [0.1, 0.15) is 11.6 Å². The molecule has 0 bridgehead atoms. The molecule has 3 rings (SSSR count). The second kappa shape index (κ2) is 12.1. The molecule has 2 N–H and O–H groups in total. The summed E-state index contributed by atoms with van der Waals surface area (Å²) in [6, 6.07) is 12.3. The molecule has 29 heavy (non-hydrogen) atoms. The van der Waals surface area contributed by atoms with Gasteiger partial charge in [0.2, 0.25) is 0 Å². The fourth-order valence-electron chi connectivity index (χ4n) is 3.41. The van der Waals surface area contributed by atoms with Crippen molar-refractivity contribution in [2.24, 2.45) is 4.99 Å². The van der Waals surface area contributed by atoms with Gasteiger partial charge in [0, 0.05) is 32.7 Å². The molecule has 1 heterocycles. The smallest absolute Gasteiger partial charge is 0.191 e. The van der Waals surface area contributed by atoms with Gasteiger partial charge >= 0.3 is 0 Å². The maximum Gasteiger partial charge on any atom is 0.191 e. The Bertz CT molecular complexity index is 790. The third-order valence-electron chi connectivity index (χ3n) is 5.01. The lowest BCUT2D eigenvalue weighted by atomic mass is 10.1. The number of aliphatic imine (C=N–C) groups is 1. The number of rotatable bonds is 7. The molecular formula is C22H29F2IN4. The van der Waals surface area contributed by atoms with Gasteiger partial charge in [-0.2, -0.15) is 0 Å². The van der Waals surface area contributed by atoms with Crippen LogP contribution >= 0.6 is 24.0 Å². The SMILES string of the molecule is CN=C(NCCc1ccc(F)cc1F)NCc1ccc(CN2CCCC2)cc1.I. The van der Waals surface area contributed by atoms with Gasteiger partial charge in [-0.3, -0.25) is 9.89 Å². The summed E-state index contributed by atoms with van der Waals surface area (Å²) in [6.45, 7) is 4.60. The molecule has 0 radical (unpaired) electrons. The molecule has 2 aromatic carbocycles. The van der Waals surface area contributed by atoms with Crippen molar-refractivity contribution in [1.82, 2.24) is 15.5 Å². The number of hydrogen-bond donors (Lipinski definition) is 2. The molecule has 0 spiro atoms. The fourth-order valence-corrected chi connectivity index (χ4v) is 3.41. The topological polar surface area (TPSA) is 39.7 Å². The molecule has 1 saturated heterocycles. The van der Waals surface area contributed by atoms with E-state index in [1.807, 2.05) is 0 Å². The highest BCUT2D eigenvalue weighted by Crippen LogP contribution is 2.13. The van der Waals surface area contributed by atoms with Crippen LogP contribution in [0.4, 0.5) is 8.78 Å². The number of nitrogens with zero attached hydrogens (tertiary/aromatic N) is 2. The third-order valence-corrected chi connectivity index (χ3v) is 5.01. The Morgan fingerprint density at radius 1 is 1.00 bits per heavy atom. The first-order chi connectivity index (χ1) is 13.6. The van der Waals surface area contributed by atoms with Crippen molar-refractivity contribution in [3.05, 3.63) is 70.8 Å². The molecule has 0 amide bonds. The molecule has 1 fully saturated rings. The number of halogens is 3. The predicted octanol–water partition coefficient (Wildman–Crippen LogP) is 4.09. The van der Waals surface area contributed by atoms with Crippen molar-refractivity contribution < 1.29 is 8.78 Å². The van der Waals surface area contributed by atoms with Gasteiger partial charge in [0.15, 0.2) is 5.96 Å². The Hall–Kier alpha value is -1.74. The third kappa shape index (κ3) is 7.54. The van der Waals surface area contributed by atoms with Crippen molar-refractivity contribution in [2.45, 2.75) is 32.4 Å². The van der Waals surface area contributed by atoms with Crippen LogP contribution in [0, 0.1) is 11.6 Å². The zero-order chi connectivity index (χ0) is 19.8. The van der Waals surface area contributed by atoms with E-state index in [-0.39, 0.29) is 24.0 Å². The molecule has 7 heteroatoms. The van der Waals surface area contributed by atoms with E-state index < -0.39 is 11.6 Å². The van der Waals surface area contributed by atoms with Crippen molar-refractivity contribution in [3.63, 3.8) is 0 Å². The number of guanidine groups is 1. The van der Waals surface area contributed by atoms with E-state index in [0.29, 0.717) is 31.0 Å². The van der Waals surface area contributed by atoms with Crippen molar-refractivity contribution in [3.8, 4) is 0 Å². The highest BCUT2D eigenvalue weighted by molar-refractivity contribution is 14.0. The van der Waals surface area contributed by atoms with Crippen molar-refractivity contribution >= 4 is 29.9 Å². The number of benzene rings is 2. The molecule has 2 aromatic rings. The first-order valence-corrected chi connectivity index (χ1v) is 9.82. The largest absolute Gasteiger partial charge is 0.356 e. The van der Waals surface area contributed by atoms with Crippen LogP contribution in [0.5, 0.6) is 0 Å². The lowest BCUT2D eigenvalue weighted by Crippen LogP contribution is -2.37. The maximum absolute atomic E-state index is 13.7. The van der Waals surface area contributed by atoms with Crippen LogP contribution in [0.2, 0.25) is 0 Å². The Morgan fingerprint density at radius 2 is 1.69 bits per heavy atom. The van der Waals surface area contributed by atoms with E-state index in [2.05, 4.69) is 44.8 Å². The van der Waals surface area contributed by atoms with Crippen LogP contribution < -0.4 is 10.6 Å². The molecule has 4 nitrogen and oxygen atoms in total. The Kier molecular flexibility index (Phi) is 9.80. The molecule has 0 aliphatic carbocycles. The van der Waals surface area contributed by atoms with Crippen LogP contribution in [0.25, 0.3) is 0 Å². The second-order valence-electron chi connectivity index (χ2n) is 7.14. The van der Waals surface area contributed by atoms with Gasteiger partial charge in [-0.25, -0.2) is 8.78 Å². The highest BCUT2D eigenvalue weighted by atomic mass is 127. The quantitative estimate of drug-likeness (QED) is 0.333. The minimum atomic E-state index is -0.557. The summed E-state index contributed by atoms with van der Waals surface area (Å²) in [5, 5.41) is 6.42. The maximum atomic E-state index is 13.7. The molecule has 1 aliphatic heterocycles. The van der Waals surface area contributed by atoms with Crippen LogP contribution in [0.1, 0.15) is 29.5 Å². The molecule has 0 aromatic heterocycles. The number of nitrogens with one attached hydrogen (secondary N) is 2. The van der Waals surface area contributed by atoms with Gasteiger partial charge in [0.25, 0.3) is 0 Å². The molecule has 1 aliphatic rings. The monoisotopic (exact) mass is 514 g/mol. The first kappa shape index (κ1) is 23.5. The molecular weight excluding hydrogens is 485 g/mol. The van der Waals surface area contributed by atoms with Gasteiger partial charge < -0.3 is 10.6 Å². The van der Waals surface area contributed by atoms with Crippen LogP contribution in [-0.2, 0) is 19.5 Å². The lowest BCUT2D eigenvalue weighted by Gasteiger charge is -2.15. The zero-order valence-electron chi connectivity index (χ0n) is 16.8. The minimum absolute atomic E-state index is 0. The lowest BCUT2D eigenvalue weighted by molar-refractivity contribution is 0.331. The van der Waals surface area contributed by atoms with E-state index in [0.717, 1.165) is 12.6 Å². The minimum Gasteiger partial charge on any atom is -0.356 e. The Balaban J connectivity index is 0.00000300. The Labute approximate surface area is 188 Å². The van der Waals surface area contributed by atoms with Gasteiger partial charge in [-0.1, -0.05) is 30.3 Å². The van der Waals surface area contributed by atoms with E-state index >= 15 is 0 Å². The molecule has 158 valence electrons. The zero-order valence-corrected chi connectivity index (χ0v) is 19.1.